The summed E-state index contributed by atoms with van der Waals surface area (Å²) in [7, 11) is 0. The summed E-state index contributed by atoms with van der Waals surface area (Å²) < 4.78 is 2.05. The van der Waals surface area contributed by atoms with Crippen molar-refractivity contribution in [3.05, 3.63) is 29.5 Å². The molecule has 1 aliphatic rings. The number of aromatic nitrogens is 2. The van der Waals surface area contributed by atoms with Gasteiger partial charge in [-0.1, -0.05) is 12.1 Å². The third kappa shape index (κ3) is 1.73. The van der Waals surface area contributed by atoms with Gasteiger partial charge in [0.15, 0.2) is 0 Å². The second-order valence-electron chi connectivity index (χ2n) is 5.49. The lowest BCUT2D eigenvalue weighted by Crippen LogP contribution is -2.34. The van der Waals surface area contributed by atoms with Crippen LogP contribution in [0.5, 0.6) is 0 Å². The van der Waals surface area contributed by atoms with Gasteiger partial charge in [-0.2, -0.15) is 5.10 Å². The summed E-state index contributed by atoms with van der Waals surface area (Å²) in [5, 5.41) is 9.03. The molecular weight excluding hydrogens is 240 g/mol. The fraction of sp³-hybridized carbons (Fsp3) is 0.429. The molecule has 3 rings (SSSR count). The molecule has 1 unspecified atom stereocenters. The molecule has 1 atom stereocenters. The van der Waals surface area contributed by atoms with Crippen LogP contribution in [-0.4, -0.2) is 28.8 Å². The molecular formula is C14H18N4O. The van der Waals surface area contributed by atoms with Crippen LogP contribution in [0, 0.1) is 6.92 Å². The van der Waals surface area contributed by atoms with Crippen LogP contribution in [0.25, 0.3) is 10.9 Å². The van der Waals surface area contributed by atoms with Crippen LogP contribution >= 0.6 is 0 Å². The van der Waals surface area contributed by atoms with E-state index in [9.17, 15) is 4.79 Å². The van der Waals surface area contributed by atoms with Crippen molar-refractivity contribution in [2.45, 2.75) is 25.8 Å². The zero-order chi connectivity index (χ0) is 13.6. The summed E-state index contributed by atoms with van der Waals surface area (Å²) in [6.07, 6.45) is 1.04. The van der Waals surface area contributed by atoms with Gasteiger partial charge in [-0.3, -0.25) is 9.48 Å². The third-order valence-corrected chi connectivity index (χ3v) is 4.07. The van der Waals surface area contributed by atoms with E-state index < -0.39 is 5.91 Å². The Morgan fingerprint density at radius 2 is 2.32 bits per heavy atom. The molecule has 1 amide bonds. The second-order valence-corrected chi connectivity index (χ2v) is 5.49. The van der Waals surface area contributed by atoms with Gasteiger partial charge in [-0.25, -0.2) is 0 Å². The van der Waals surface area contributed by atoms with E-state index in [0.717, 1.165) is 30.6 Å². The molecule has 0 aliphatic carbocycles. The molecule has 0 radical (unpaired) electrons. The van der Waals surface area contributed by atoms with Gasteiger partial charge in [0.2, 0.25) is 0 Å². The molecule has 2 heterocycles. The zero-order valence-corrected chi connectivity index (χ0v) is 11.2. The fourth-order valence-electron chi connectivity index (χ4n) is 2.94. The molecule has 0 spiro atoms. The number of aryl methyl sites for hydroxylation is 1. The number of benzene rings is 1. The zero-order valence-electron chi connectivity index (χ0n) is 11.2. The Labute approximate surface area is 111 Å². The maximum absolute atomic E-state index is 11.5. The molecule has 0 saturated carbocycles. The van der Waals surface area contributed by atoms with Gasteiger partial charge in [-0.05, 0) is 32.9 Å². The Hall–Kier alpha value is -1.88. The Kier molecular flexibility index (Phi) is 2.60. The number of carbonyl (C=O) groups is 1. The highest BCUT2D eigenvalue weighted by atomic mass is 16.1. The largest absolute Gasteiger partial charge is 0.366 e. The minimum absolute atomic E-state index is 0.0297. The van der Waals surface area contributed by atoms with Crippen LogP contribution in [0.3, 0.4) is 0 Å². The number of nitrogens with one attached hydrogen (secondary N) is 1. The average molecular weight is 258 g/mol. The van der Waals surface area contributed by atoms with Crippen molar-refractivity contribution in [3.63, 3.8) is 0 Å². The number of primary amides is 1. The predicted octanol–water partition coefficient (Wildman–Crippen LogP) is 1.15. The van der Waals surface area contributed by atoms with Crippen molar-refractivity contribution >= 4 is 16.8 Å². The highest BCUT2D eigenvalue weighted by Crippen LogP contribution is 2.29. The summed E-state index contributed by atoms with van der Waals surface area (Å²) in [6, 6.07) is 5.58. The van der Waals surface area contributed by atoms with Crippen LogP contribution < -0.4 is 11.1 Å². The van der Waals surface area contributed by atoms with Gasteiger partial charge in [0.05, 0.1) is 11.1 Å². The lowest BCUT2D eigenvalue weighted by Gasteiger charge is -2.25. The van der Waals surface area contributed by atoms with Gasteiger partial charge in [-0.15, -0.1) is 0 Å². The maximum Gasteiger partial charge on any atom is 0.250 e. The summed E-state index contributed by atoms with van der Waals surface area (Å²) in [6.45, 7) is 6.13. The Morgan fingerprint density at radius 3 is 2.95 bits per heavy atom. The normalized spacial score (nSPS) is 23.1. The Bertz CT molecular complexity index is 653. The molecule has 1 fully saturated rings. The molecule has 1 saturated heterocycles. The summed E-state index contributed by atoms with van der Waals surface area (Å²) in [4.78, 5) is 11.5. The molecule has 1 aromatic carbocycles. The van der Waals surface area contributed by atoms with Crippen LogP contribution in [0.2, 0.25) is 0 Å². The first-order valence-corrected chi connectivity index (χ1v) is 6.52. The number of rotatable bonds is 2. The van der Waals surface area contributed by atoms with Crippen molar-refractivity contribution in [2.24, 2.45) is 5.73 Å². The quantitative estimate of drug-likeness (QED) is 0.848. The Morgan fingerprint density at radius 1 is 1.53 bits per heavy atom. The van der Waals surface area contributed by atoms with Gasteiger partial charge >= 0.3 is 0 Å². The lowest BCUT2D eigenvalue weighted by atomic mass is 10.0. The smallest absolute Gasteiger partial charge is 0.250 e. The van der Waals surface area contributed by atoms with Gasteiger partial charge in [0, 0.05) is 17.6 Å². The number of hydrogen-bond acceptors (Lipinski definition) is 3. The number of carbonyl (C=O) groups excluding carboxylic acids is 1. The van der Waals surface area contributed by atoms with Crippen molar-refractivity contribution in [1.29, 1.82) is 0 Å². The van der Waals surface area contributed by atoms with Crippen LogP contribution in [-0.2, 0) is 5.54 Å². The minimum Gasteiger partial charge on any atom is -0.366 e. The van der Waals surface area contributed by atoms with E-state index in [0.29, 0.717) is 11.1 Å². The highest BCUT2D eigenvalue weighted by molar-refractivity contribution is 6.05. The molecule has 5 heteroatoms. The predicted molar refractivity (Wildman–Crippen MR) is 74.1 cm³/mol. The molecule has 19 heavy (non-hydrogen) atoms. The van der Waals surface area contributed by atoms with E-state index in [1.165, 1.54) is 0 Å². The topological polar surface area (TPSA) is 72.9 Å². The van der Waals surface area contributed by atoms with Crippen LogP contribution in [0.1, 0.15) is 29.4 Å². The Balaban J connectivity index is 2.25. The van der Waals surface area contributed by atoms with Crippen LogP contribution in [0.4, 0.5) is 0 Å². The van der Waals surface area contributed by atoms with Crippen molar-refractivity contribution in [3.8, 4) is 0 Å². The standard InChI is InChI=1S/C14H18N4O/c1-9-10-4-3-5-11(13(15)19)12(10)17-18(9)14(2)6-7-16-8-14/h3-5,16H,6-8H2,1-2H3,(H2,15,19). The first kappa shape index (κ1) is 12.2. The summed E-state index contributed by atoms with van der Waals surface area (Å²) >= 11 is 0. The molecule has 100 valence electrons. The van der Waals surface area contributed by atoms with E-state index in [-0.39, 0.29) is 5.54 Å². The van der Waals surface area contributed by atoms with E-state index in [2.05, 4.69) is 17.3 Å². The van der Waals surface area contributed by atoms with E-state index >= 15 is 0 Å². The van der Waals surface area contributed by atoms with Crippen molar-refractivity contribution in [1.82, 2.24) is 15.1 Å². The fourth-order valence-corrected chi connectivity index (χ4v) is 2.94. The third-order valence-electron chi connectivity index (χ3n) is 4.07. The first-order chi connectivity index (χ1) is 9.03. The summed E-state index contributed by atoms with van der Waals surface area (Å²) in [5.74, 6) is -0.426. The number of nitrogens with zero attached hydrogens (tertiary/aromatic N) is 2. The molecule has 3 N–H and O–H groups in total. The lowest BCUT2D eigenvalue weighted by molar-refractivity contribution is 0.100. The van der Waals surface area contributed by atoms with E-state index in [4.69, 9.17) is 5.73 Å². The summed E-state index contributed by atoms with van der Waals surface area (Å²) in [5.41, 5.74) is 7.69. The number of amides is 1. The van der Waals surface area contributed by atoms with E-state index in [1.807, 2.05) is 23.7 Å². The maximum atomic E-state index is 11.5. The highest BCUT2D eigenvalue weighted by Gasteiger charge is 2.33. The average Bonchev–Trinajstić information content (AvgIpc) is 2.95. The number of nitrogens with two attached hydrogens (primary N) is 1. The molecule has 0 bridgehead atoms. The molecule has 5 nitrogen and oxygen atoms in total. The van der Waals surface area contributed by atoms with Gasteiger partial charge in [0.1, 0.15) is 5.52 Å². The first-order valence-electron chi connectivity index (χ1n) is 6.52. The molecule has 1 aliphatic heterocycles. The van der Waals surface area contributed by atoms with Gasteiger partial charge in [0.25, 0.3) is 5.91 Å². The molecule has 2 aromatic rings. The van der Waals surface area contributed by atoms with Crippen molar-refractivity contribution in [2.75, 3.05) is 13.1 Å². The van der Waals surface area contributed by atoms with Crippen LogP contribution in [0.15, 0.2) is 18.2 Å². The van der Waals surface area contributed by atoms with Crippen molar-refractivity contribution < 1.29 is 4.79 Å². The van der Waals surface area contributed by atoms with Gasteiger partial charge < -0.3 is 11.1 Å². The number of hydrogen-bond donors (Lipinski definition) is 2. The monoisotopic (exact) mass is 258 g/mol. The SMILES string of the molecule is Cc1c2cccc(C(N)=O)c2nn1C1(C)CCNC1. The minimum atomic E-state index is -0.426. The molecule has 1 aromatic heterocycles. The van der Waals surface area contributed by atoms with E-state index in [1.54, 1.807) is 6.07 Å². The number of fused-ring (bicyclic) bond motifs is 1. The second kappa shape index (κ2) is 4.06.